The molecule has 0 N–H and O–H groups in total. The number of ether oxygens (including phenoxy) is 1. The van der Waals surface area contributed by atoms with Gasteiger partial charge in [0.05, 0.1) is 5.60 Å². The van der Waals surface area contributed by atoms with E-state index in [9.17, 15) is 0 Å². The van der Waals surface area contributed by atoms with Crippen molar-refractivity contribution < 1.29 is 4.74 Å². The van der Waals surface area contributed by atoms with Gasteiger partial charge in [-0.1, -0.05) is 38.2 Å². The third-order valence-corrected chi connectivity index (χ3v) is 3.51. The van der Waals surface area contributed by atoms with Gasteiger partial charge in [-0.15, -0.1) is 0 Å². The standard InChI is InChI=1S/C15H27NO.C2H6/c1-4-6-7-8-9-10-15(17-5-2)11-13-16(3)14-12-15;1-2/h4,6,8-9H,5,7,10-14H2,1-3H3;1-2H3/b6-4-,9-8-;. The second kappa shape index (κ2) is 11.2. The highest BCUT2D eigenvalue weighted by Crippen LogP contribution is 2.29. The zero-order valence-electron chi connectivity index (χ0n) is 13.6. The van der Waals surface area contributed by atoms with Gasteiger partial charge < -0.3 is 9.64 Å². The minimum atomic E-state index is 0.105. The van der Waals surface area contributed by atoms with Crippen LogP contribution in [0.25, 0.3) is 0 Å². The van der Waals surface area contributed by atoms with Gasteiger partial charge in [-0.2, -0.15) is 0 Å². The Morgan fingerprint density at radius 2 is 1.74 bits per heavy atom. The highest BCUT2D eigenvalue weighted by Gasteiger charge is 2.32. The summed E-state index contributed by atoms with van der Waals surface area (Å²) in [6.07, 6.45) is 13.2. The monoisotopic (exact) mass is 267 g/mol. The highest BCUT2D eigenvalue weighted by molar-refractivity contribution is 4.98. The summed E-state index contributed by atoms with van der Waals surface area (Å²) in [5.74, 6) is 0. The molecule has 0 amide bonds. The first kappa shape index (κ1) is 18.4. The minimum Gasteiger partial charge on any atom is -0.375 e. The maximum absolute atomic E-state index is 6.03. The van der Waals surface area contributed by atoms with Crippen molar-refractivity contribution >= 4 is 0 Å². The van der Waals surface area contributed by atoms with E-state index in [0.717, 1.165) is 45.4 Å². The van der Waals surface area contributed by atoms with Gasteiger partial charge in [-0.05, 0) is 46.6 Å². The van der Waals surface area contributed by atoms with E-state index in [1.165, 1.54) is 0 Å². The Morgan fingerprint density at radius 3 is 2.26 bits per heavy atom. The first-order valence-electron chi connectivity index (χ1n) is 7.81. The largest absolute Gasteiger partial charge is 0.375 e. The Labute approximate surface area is 120 Å². The molecule has 0 aromatic rings. The third-order valence-electron chi connectivity index (χ3n) is 3.51. The summed E-state index contributed by atoms with van der Waals surface area (Å²) in [4.78, 5) is 2.39. The maximum atomic E-state index is 6.03. The molecule has 1 rings (SSSR count). The van der Waals surface area contributed by atoms with Crippen LogP contribution in [0.4, 0.5) is 0 Å². The van der Waals surface area contributed by atoms with E-state index < -0.39 is 0 Å². The van der Waals surface area contributed by atoms with Crippen LogP contribution in [0.5, 0.6) is 0 Å². The van der Waals surface area contributed by atoms with E-state index in [1.807, 2.05) is 13.8 Å². The molecule has 0 saturated carbocycles. The van der Waals surface area contributed by atoms with E-state index in [2.05, 4.69) is 50.1 Å². The molecule has 0 aromatic heterocycles. The second-order valence-corrected chi connectivity index (χ2v) is 4.90. The van der Waals surface area contributed by atoms with Crippen molar-refractivity contribution in [3.63, 3.8) is 0 Å². The average Bonchev–Trinajstić information content (AvgIpc) is 2.44. The van der Waals surface area contributed by atoms with Crippen molar-refractivity contribution in [2.45, 2.75) is 59.0 Å². The number of hydrogen-bond acceptors (Lipinski definition) is 2. The molecule has 0 unspecified atom stereocenters. The lowest BCUT2D eigenvalue weighted by molar-refractivity contribution is -0.0737. The normalized spacial score (nSPS) is 19.6. The topological polar surface area (TPSA) is 12.5 Å². The first-order chi connectivity index (χ1) is 9.22. The van der Waals surface area contributed by atoms with Crippen LogP contribution in [0.2, 0.25) is 0 Å². The van der Waals surface area contributed by atoms with Gasteiger partial charge in [0.15, 0.2) is 0 Å². The van der Waals surface area contributed by atoms with Gasteiger partial charge in [-0.3, -0.25) is 0 Å². The number of nitrogens with zero attached hydrogens (tertiary/aromatic N) is 1. The molecule has 1 aliphatic rings. The first-order valence-corrected chi connectivity index (χ1v) is 7.81. The molecule has 0 atom stereocenters. The minimum absolute atomic E-state index is 0.105. The Kier molecular flexibility index (Phi) is 10.9. The van der Waals surface area contributed by atoms with Gasteiger partial charge in [0.25, 0.3) is 0 Å². The van der Waals surface area contributed by atoms with Crippen molar-refractivity contribution in [2.75, 3.05) is 26.7 Å². The zero-order valence-corrected chi connectivity index (χ0v) is 13.6. The highest BCUT2D eigenvalue weighted by atomic mass is 16.5. The lowest BCUT2D eigenvalue weighted by Gasteiger charge is -2.40. The molecule has 0 bridgehead atoms. The molecule has 0 radical (unpaired) electrons. The van der Waals surface area contributed by atoms with Crippen LogP contribution in [0.15, 0.2) is 24.3 Å². The van der Waals surface area contributed by atoms with E-state index in [4.69, 9.17) is 4.74 Å². The number of rotatable bonds is 6. The summed E-state index contributed by atoms with van der Waals surface area (Å²) >= 11 is 0. The zero-order chi connectivity index (χ0) is 14.6. The smallest absolute Gasteiger partial charge is 0.0741 e. The van der Waals surface area contributed by atoms with Crippen LogP contribution in [-0.2, 0) is 4.74 Å². The second-order valence-electron chi connectivity index (χ2n) is 4.90. The van der Waals surface area contributed by atoms with Crippen molar-refractivity contribution in [2.24, 2.45) is 0 Å². The average molecular weight is 267 g/mol. The van der Waals surface area contributed by atoms with Crippen molar-refractivity contribution in [3.05, 3.63) is 24.3 Å². The summed E-state index contributed by atoms with van der Waals surface area (Å²) in [5.41, 5.74) is 0.105. The Bertz CT molecular complexity index is 250. The van der Waals surface area contributed by atoms with E-state index >= 15 is 0 Å². The van der Waals surface area contributed by atoms with Gasteiger partial charge >= 0.3 is 0 Å². The van der Waals surface area contributed by atoms with Gasteiger partial charge in [0.1, 0.15) is 0 Å². The molecule has 2 heteroatoms. The lowest BCUT2D eigenvalue weighted by Crippen LogP contribution is -2.44. The molecule has 1 aliphatic heterocycles. The number of hydrogen-bond donors (Lipinski definition) is 0. The molecule has 1 heterocycles. The number of likely N-dealkylation sites (tertiary alicyclic amines) is 1. The fourth-order valence-corrected chi connectivity index (χ4v) is 2.35. The molecule has 1 saturated heterocycles. The summed E-state index contributed by atoms with van der Waals surface area (Å²) in [7, 11) is 2.19. The molecular formula is C17H33NO. The summed E-state index contributed by atoms with van der Waals surface area (Å²) in [6.45, 7) is 11.3. The molecule has 0 spiro atoms. The van der Waals surface area contributed by atoms with Crippen LogP contribution >= 0.6 is 0 Å². The van der Waals surface area contributed by atoms with Crippen LogP contribution in [0.1, 0.15) is 53.4 Å². The Balaban J connectivity index is 0.00000154. The van der Waals surface area contributed by atoms with Crippen LogP contribution in [-0.4, -0.2) is 37.2 Å². The SMILES string of the molecule is C/C=C\C/C=C\CC1(OCC)CCN(C)CC1.CC. The van der Waals surface area contributed by atoms with Crippen LogP contribution < -0.4 is 0 Å². The molecule has 0 aliphatic carbocycles. The molecule has 19 heavy (non-hydrogen) atoms. The maximum Gasteiger partial charge on any atom is 0.0741 e. The van der Waals surface area contributed by atoms with E-state index in [-0.39, 0.29) is 5.60 Å². The predicted molar refractivity (Wildman–Crippen MR) is 85.6 cm³/mol. The van der Waals surface area contributed by atoms with Crippen LogP contribution in [0.3, 0.4) is 0 Å². The third kappa shape index (κ3) is 7.54. The van der Waals surface area contributed by atoms with Crippen molar-refractivity contribution in [1.29, 1.82) is 0 Å². The van der Waals surface area contributed by atoms with E-state index in [0.29, 0.717) is 0 Å². The summed E-state index contributed by atoms with van der Waals surface area (Å²) < 4.78 is 6.03. The van der Waals surface area contributed by atoms with E-state index in [1.54, 1.807) is 0 Å². The van der Waals surface area contributed by atoms with Gasteiger partial charge in [0.2, 0.25) is 0 Å². The molecule has 0 aromatic carbocycles. The fraction of sp³-hybridized carbons (Fsp3) is 0.765. The van der Waals surface area contributed by atoms with Crippen molar-refractivity contribution in [1.82, 2.24) is 4.90 Å². The summed E-state index contributed by atoms with van der Waals surface area (Å²) in [6, 6.07) is 0. The Morgan fingerprint density at radius 1 is 1.11 bits per heavy atom. The predicted octanol–water partition coefficient (Wildman–Crippen LogP) is 4.43. The fourth-order valence-electron chi connectivity index (χ4n) is 2.35. The van der Waals surface area contributed by atoms with Crippen LogP contribution in [0, 0.1) is 0 Å². The van der Waals surface area contributed by atoms with Gasteiger partial charge in [0, 0.05) is 19.7 Å². The molecule has 2 nitrogen and oxygen atoms in total. The molecule has 112 valence electrons. The Hall–Kier alpha value is -0.600. The quantitative estimate of drug-likeness (QED) is 0.660. The number of piperidine rings is 1. The van der Waals surface area contributed by atoms with Gasteiger partial charge in [-0.25, -0.2) is 0 Å². The molecular weight excluding hydrogens is 234 g/mol. The lowest BCUT2D eigenvalue weighted by atomic mass is 9.87. The molecule has 1 fully saturated rings. The summed E-state index contributed by atoms with van der Waals surface area (Å²) in [5, 5.41) is 0. The van der Waals surface area contributed by atoms with Crippen molar-refractivity contribution in [3.8, 4) is 0 Å². The number of allylic oxidation sites excluding steroid dienone is 3.